The topological polar surface area (TPSA) is 66.1 Å². The average Bonchev–Trinajstić information content (AvgIpc) is 2.99. The zero-order valence-electron chi connectivity index (χ0n) is 26.6. The first-order valence-corrected chi connectivity index (χ1v) is 15.8. The van der Waals surface area contributed by atoms with Gasteiger partial charge >= 0.3 is 0 Å². The lowest BCUT2D eigenvalue weighted by Crippen LogP contribution is -2.40. The number of carbonyl (C=O) groups is 1. The number of anilines is 1. The fourth-order valence-electron chi connectivity index (χ4n) is 6.69. The first-order valence-electron chi connectivity index (χ1n) is 15.8. The number of nitrogens with one attached hydrogen (secondary N) is 2. The number of dihydropyridines is 1. The number of benzene rings is 2. The van der Waals surface area contributed by atoms with Gasteiger partial charge in [-0.3, -0.25) is 9.69 Å². The average molecular weight is 585 g/mol. The minimum absolute atomic E-state index is 0.0652. The lowest BCUT2D eigenvalue weighted by Gasteiger charge is -2.37. The van der Waals surface area contributed by atoms with Crippen LogP contribution in [0.2, 0.25) is 0 Å². The molecule has 0 unspecified atom stereocenters. The molecule has 7 heteroatoms. The summed E-state index contributed by atoms with van der Waals surface area (Å²) in [6.45, 7) is 22.1. The first kappa shape index (κ1) is 31.0. The van der Waals surface area contributed by atoms with E-state index in [0.29, 0.717) is 18.2 Å². The van der Waals surface area contributed by atoms with Crippen molar-refractivity contribution in [2.24, 2.45) is 0 Å². The Balaban J connectivity index is 1.49. The Labute approximate surface area is 257 Å². The fraction of sp³-hybridized carbons (Fsp3) is 0.472. The predicted octanol–water partition coefficient (Wildman–Crippen LogP) is 5.87. The molecular formula is C36H48N4O3. The number of rotatable bonds is 9. The maximum Gasteiger partial charge on any atom is 0.251 e. The van der Waals surface area contributed by atoms with E-state index in [1.54, 1.807) is 0 Å². The highest BCUT2D eigenvalue weighted by molar-refractivity contribution is 5.99. The van der Waals surface area contributed by atoms with E-state index in [2.05, 4.69) is 91.1 Å². The van der Waals surface area contributed by atoms with Gasteiger partial charge < -0.3 is 25.0 Å². The lowest BCUT2D eigenvalue weighted by atomic mass is 9.92. The smallest absolute Gasteiger partial charge is 0.251 e. The van der Waals surface area contributed by atoms with Crippen molar-refractivity contribution in [1.82, 2.24) is 15.5 Å². The van der Waals surface area contributed by atoms with Crippen molar-refractivity contribution in [3.05, 3.63) is 87.8 Å². The van der Waals surface area contributed by atoms with Crippen LogP contribution in [0, 0.1) is 13.8 Å². The fourth-order valence-corrected chi connectivity index (χ4v) is 6.69. The maximum atomic E-state index is 13.9. The van der Waals surface area contributed by atoms with Crippen molar-refractivity contribution in [1.29, 1.82) is 0 Å². The summed E-state index contributed by atoms with van der Waals surface area (Å²) < 4.78 is 11.2. The molecule has 230 valence electrons. The third-order valence-electron chi connectivity index (χ3n) is 9.07. The molecule has 3 aliphatic rings. The number of allylic oxidation sites excluding steroid dienone is 3. The third kappa shape index (κ3) is 7.23. The molecule has 0 aromatic heterocycles. The van der Waals surface area contributed by atoms with Crippen molar-refractivity contribution >= 4 is 11.6 Å². The molecule has 3 heterocycles. The highest BCUT2D eigenvalue weighted by Crippen LogP contribution is 2.35. The Morgan fingerprint density at radius 3 is 2.44 bits per heavy atom. The monoisotopic (exact) mass is 584 g/mol. The quantitative estimate of drug-likeness (QED) is 0.384. The van der Waals surface area contributed by atoms with Crippen LogP contribution in [0.4, 0.5) is 5.69 Å². The molecule has 3 aliphatic heterocycles. The van der Waals surface area contributed by atoms with E-state index >= 15 is 0 Å². The van der Waals surface area contributed by atoms with Gasteiger partial charge in [0.25, 0.3) is 5.91 Å². The maximum absolute atomic E-state index is 13.9. The van der Waals surface area contributed by atoms with E-state index in [1.807, 2.05) is 6.92 Å². The number of ether oxygens (including phenoxy) is 2. The molecular weight excluding hydrogens is 536 g/mol. The lowest BCUT2D eigenvalue weighted by molar-refractivity contribution is 0.0342. The van der Waals surface area contributed by atoms with Gasteiger partial charge in [-0.15, -0.1) is 0 Å². The Morgan fingerprint density at radius 2 is 1.77 bits per heavy atom. The minimum atomic E-state index is -0.0652. The van der Waals surface area contributed by atoms with Crippen molar-refractivity contribution in [3.63, 3.8) is 0 Å². The molecule has 7 nitrogen and oxygen atoms in total. The zero-order chi connectivity index (χ0) is 30.5. The molecule has 0 spiro atoms. The van der Waals surface area contributed by atoms with Crippen molar-refractivity contribution in [2.75, 3.05) is 57.5 Å². The molecule has 0 radical (unpaired) electrons. The van der Waals surface area contributed by atoms with Crippen LogP contribution >= 0.6 is 0 Å². The van der Waals surface area contributed by atoms with E-state index < -0.39 is 0 Å². The molecule has 2 N–H and O–H groups in total. The van der Waals surface area contributed by atoms with E-state index in [4.69, 9.17) is 9.47 Å². The van der Waals surface area contributed by atoms with Gasteiger partial charge in [-0.2, -0.15) is 0 Å². The second kappa shape index (κ2) is 13.9. The number of amides is 1. The van der Waals surface area contributed by atoms with Crippen LogP contribution in [0.15, 0.2) is 65.5 Å². The summed E-state index contributed by atoms with van der Waals surface area (Å²) in [5.74, 6) is -0.0652. The molecule has 0 aliphatic carbocycles. The van der Waals surface area contributed by atoms with Crippen molar-refractivity contribution < 1.29 is 14.3 Å². The van der Waals surface area contributed by atoms with Gasteiger partial charge in [-0.1, -0.05) is 24.8 Å². The highest BCUT2D eigenvalue weighted by Gasteiger charge is 2.25. The SMILES string of the molecule is C=C1NC(C)=CC(C)=C1CNC(=O)c1cc(-c2ccc(CN3CCOCC3)cc2C)cc(N(CC)C2CCOCC2)c1C. The van der Waals surface area contributed by atoms with Crippen LogP contribution in [0.3, 0.4) is 0 Å². The van der Waals surface area contributed by atoms with Gasteiger partial charge in [0.05, 0.1) is 13.2 Å². The second-order valence-corrected chi connectivity index (χ2v) is 12.1. The number of morpholine rings is 1. The van der Waals surface area contributed by atoms with Crippen LogP contribution < -0.4 is 15.5 Å². The molecule has 0 atom stereocenters. The van der Waals surface area contributed by atoms with E-state index in [0.717, 1.165) is 110 Å². The number of aryl methyl sites for hydroxylation is 1. The standard InChI is InChI=1S/C36H48N4O3/c1-7-40(31-10-14-42-15-11-31)35-21-30(32-9-8-29(19-25(32)3)23-39-12-16-43-17-13-39)20-33(27(35)5)36(41)37-22-34-24(2)18-26(4)38-28(34)6/h8-9,18-21,31,38H,6-7,10-17,22-23H2,1-5H3,(H,37,41). The summed E-state index contributed by atoms with van der Waals surface area (Å²) in [6.07, 6.45) is 4.08. The van der Waals surface area contributed by atoms with Gasteiger partial charge in [-0.05, 0) is 105 Å². The molecule has 5 rings (SSSR count). The van der Waals surface area contributed by atoms with Gasteiger partial charge in [0.15, 0.2) is 0 Å². The largest absolute Gasteiger partial charge is 0.381 e. The molecule has 2 fully saturated rings. The molecule has 2 aromatic rings. The number of nitrogens with zero attached hydrogens (tertiary/aromatic N) is 2. The summed E-state index contributed by atoms with van der Waals surface area (Å²) in [5, 5.41) is 6.52. The van der Waals surface area contributed by atoms with Gasteiger partial charge in [0.2, 0.25) is 0 Å². The van der Waals surface area contributed by atoms with Crippen LogP contribution in [0.25, 0.3) is 11.1 Å². The van der Waals surface area contributed by atoms with Crippen molar-refractivity contribution in [2.45, 2.75) is 60.0 Å². The number of hydrogen-bond donors (Lipinski definition) is 2. The molecule has 0 bridgehead atoms. The molecule has 2 saturated heterocycles. The Hall–Kier alpha value is -3.39. The number of carbonyl (C=O) groups excluding carboxylic acids is 1. The molecule has 43 heavy (non-hydrogen) atoms. The summed E-state index contributed by atoms with van der Waals surface area (Å²) in [7, 11) is 0. The van der Waals surface area contributed by atoms with Crippen LogP contribution in [-0.4, -0.2) is 69.5 Å². The van der Waals surface area contributed by atoms with Gasteiger partial charge in [-0.25, -0.2) is 0 Å². The van der Waals surface area contributed by atoms with E-state index in [9.17, 15) is 4.79 Å². The minimum Gasteiger partial charge on any atom is -0.381 e. The van der Waals surface area contributed by atoms with Crippen LogP contribution in [0.5, 0.6) is 0 Å². The van der Waals surface area contributed by atoms with Crippen LogP contribution in [-0.2, 0) is 16.0 Å². The predicted molar refractivity (Wildman–Crippen MR) is 175 cm³/mol. The first-order chi connectivity index (χ1) is 20.7. The Bertz CT molecular complexity index is 1410. The summed E-state index contributed by atoms with van der Waals surface area (Å²) in [4.78, 5) is 18.8. The normalized spacial score (nSPS) is 18.3. The molecule has 2 aromatic carbocycles. The summed E-state index contributed by atoms with van der Waals surface area (Å²) >= 11 is 0. The third-order valence-corrected chi connectivity index (χ3v) is 9.07. The molecule has 0 saturated carbocycles. The Morgan fingerprint density at radius 1 is 1.05 bits per heavy atom. The summed E-state index contributed by atoms with van der Waals surface area (Å²) in [5.41, 5.74) is 11.7. The van der Waals surface area contributed by atoms with E-state index in [-0.39, 0.29) is 5.91 Å². The highest BCUT2D eigenvalue weighted by atomic mass is 16.5. The number of hydrogen-bond acceptors (Lipinski definition) is 6. The van der Waals surface area contributed by atoms with E-state index in [1.165, 1.54) is 11.1 Å². The van der Waals surface area contributed by atoms with Gasteiger partial charge in [0, 0.05) is 74.6 Å². The Kier molecular flexibility index (Phi) is 10.1. The second-order valence-electron chi connectivity index (χ2n) is 12.1. The van der Waals surface area contributed by atoms with Gasteiger partial charge in [0.1, 0.15) is 0 Å². The summed E-state index contributed by atoms with van der Waals surface area (Å²) in [6, 6.07) is 11.5. The molecule has 1 amide bonds. The zero-order valence-corrected chi connectivity index (χ0v) is 26.6. The van der Waals surface area contributed by atoms with Crippen LogP contribution in [0.1, 0.15) is 60.7 Å². The van der Waals surface area contributed by atoms with Crippen molar-refractivity contribution in [3.8, 4) is 11.1 Å².